The van der Waals surface area contributed by atoms with Crippen molar-refractivity contribution in [3.05, 3.63) is 35.4 Å². The van der Waals surface area contributed by atoms with Crippen molar-refractivity contribution in [2.45, 2.75) is 0 Å². The standard InChI is InChI=1S/C9H10N2O3/c1-14-8(11-10)6-2-4-7(5-3-6)9(12)13/h2-5H,10H2,1H3,(H,12,13). The number of aromatic carboxylic acids is 1. The van der Waals surface area contributed by atoms with Crippen molar-refractivity contribution in [1.82, 2.24) is 0 Å². The van der Waals surface area contributed by atoms with E-state index in [1.807, 2.05) is 0 Å². The zero-order valence-electron chi connectivity index (χ0n) is 7.60. The van der Waals surface area contributed by atoms with Crippen LogP contribution >= 0.6 is 0 Å². The van der Waals surface area contributed by atoms with Gasteiger partial charge in [-0.05, 0) is 24.3 Å². The molecule has 0 atom stereocenters. The molecule has 5 heteroatoms. The summed E-state index contributed by atoms with van der Waals surface area (Å²) in [6.07, 6.45) is 0. The smallest absolute Gasteiger partial charge is 0.335 e. The van der Waals surface area contributed by atoms with Crippen LogP contribution in [-0.2, 0) is 4.74 Å². The van der Waals surface area contributed by atoms with E-state index >= 15 is 0 Å². The van der Waals surface area contributed by atoms with Crippen LogP contribution in [0.5, 0.6) is 0 Å². The molecule has 0 aromatic heterocycles. The van der Waals surface area contributed by atoms with Crippen LogP contribution < -0.4 is 5.84 Å². The SMILES string of the molecule is COC(=NN)c1ccc(C(=O)O)cc1. The molecule has 0 saturated carbocycles. The van der Waals surface area contributed by atoms with Crippen molar-refractivity contribution in [1.29, 1.82) is 0 Å². The van der Waals surface area contributed by atoms with Crippen molar-refractivity contribution in [2.75, 3.05) is 7.11 Å². The average Bonchev–Trinajstić information content (AvgIpc) is 2.20. The summed E-state index contributed by atoms with van der Waals surface area (Å²) in [5.41, 5.74) is 0.848. The van der Waals surface area contributed by atoms with Gasteiger partial charge in [-0.2, -0.15) is 0 Å². The highest BCUT2D eigenvalue weighted by Gasteiger charge is 2.05. The minimum Gasteiger partial charge on any atom is -0.480 e. The molecule has 0 spiro atoms. The summed E-state index contributed by atoms with van der Waals surface area (Å²) in [7, 11) is 1.44. The molecule has 1 aromatic carbocycles. The third kappa shape index (κ3) is 2.01. The second kappa shape index (κ2) is 4.27. The van der Waals surface area contributed by atoms with Gasteiger partial charge in [-0.1, -0.05) is 0 Å². The summed E-state index contributed by atoms with van der Waals surface area (Å²) in [6, 6.07) is 6.08. The monoisotopic (exact) mass is 194 g/mol. The Bertz CT molecular complexity index is 357. The van der Waals surface area contributed by atoms with Gasteiger partial charge in [-0.3, -0.25) is 0 Å². The highest BCUT2D eigenvalue weighted by Crippen LogP contribution is 2.05. The van der Waals surface area contributed by atoms with Crippen LogP contribution in [0.3, 0.4) is 0 Å². The maximum Gasteiger partial charge on any atom is 0.335 e. The van der Waals surface area contributed by atoms with Gasteiger partial charge in [0.2, 0.25) is 5.90 Å². The Morgan fingerprint density at radius 3 is 2.21 bits per heavy atom. The first-order valence-corrected chi connectivity index (χ1v) is 3.84. The van der Waals surface area contributed by atoms with Gasteiger partial charge in [0.15, 0.2) is 0 Å². The largest absolute Gasteiger partial charge is 0.480 e. The number of hydrazone groups is 1. The molecule has 0 aliphatic rings. The van der Waals surface area contributed by atoms with Gasteiger partial charge in [-0.25, -0.2) is 4.79 Å². The predicted octanol–water partition coefficient (Wildman–Crippen LogP) is 0.651. The summed E-state index contributed by atoms with van der Waals surface area (Å²) in [4.78, 5) is 10.5. The van der Waals surface area contributed by atoms with Gasteiger partial charge >= 0.3 is 5.97 Å². The number of ether oxygens (including phenoxy) is 1. The molecule has 0 saturated heterocycles. The number of hydrogen-bond donors (Lipinski definition) is 2. The molecule has 1 rings (SSSR count). The predicted molar refractivity (Wildman–Crippen MR) is 51.1 cm³/mol. The number of methoxy groups -OCH3 is 1. The normalized spacial score (nSPS) is 11.1. The molecule has 14 heavy (non-hydrogen) atoms. The van der Waals surface area contributed by atoms with E-state index in [1.54, 1.807) is 12.1 Å². The summed E-state index contributed by atoms with van der Waals surface area (Å²) < 4.78 is 4.86. The Kier molecular flexibility index (Phi) is 3.06. The van der Waals surface area contributed by atoms with E-state index in [-0.39, 0.29) is 11.5 Å². The number of hydrogen-bond acceptors (Lipinski definition) is 4. The van der Waals surface area contributed by atoms with Gasteiger partial charge in [0.05, 0.1) is 12.7 Å². The van der Waals surface area contributed by atoms with Crippen LogP contribution in [0.2, 0.25) is 0 Å². The molecule has 0 aliphatic heterocycles. The quantitative estimate of drug-likeness (QED) is 0.313. The Labute approximate surface area is 80.8 Å². The van der Waals surface area contributed by atoms with E-state index in [4.69, 9.17) is 15.7 Å². The summed E-state index contributed by atoms with van der Waals surface area (Å²) >= 11 is 0. The van der Waals surface area contributed by atoms with E-state index in [9.17, 15) is 4.79 Å². The van der Waals surface area contributed by atoms with Crippen molar-refractivity contribution in [3.8, 4) is 0 Å². The van der Waals surface area contributed by atoms with Gasteiger partial charge in [-0.15, -0.1) is 5.10 Å². The van der Waals surface area contributed by atoms with Gasteiger partial charge in [0.1, 0.15) is 0 Å². The molecule has 5 nitrogen and oxygen atoms in total. The number of nitrogens with zero attached hydrogens (tertiary/aromatic N) is 1. The fourth-order valence-corrected chi connectivity index (χ4v) is 1.00. The second-order valence-corrected chi connectivity index (χ2v) is 2.52. The second-order valence-electron chi connectivity index (χ2n) is 2.52. The molecule has 74 valence electrons. The van der Waals surface area contributed by atoms with Gasteiger partial charge in [0, 0.05) is 5.56 Å². The third-order valence-electron chi connectivity index (χ3n) is 1.69. The maximum atomic E-state index is 10.5. The van der Waals surface area contributed by atoms with E-state index in [1.165, 1.54) is 19.2 Å². The number of nitrogens with two attached hydrogens (primary N) is 1. The summed E-state index contributed by atoms with van der Waals surface area (Å²) in [5.74, 6) is 4.35. The average molecular weight is 194 g/mol. The fraction of sp³-hybridized carbons (Fsp3) is 0.111. The molecule has 0 fully saturated rings. The Morgan fingerprint density at radius 1 is 1.36 bits per heavy atom. The molecular formula is C9H10N2O3. The Morgan fingerprint density at radius 2 is 1.86 bits per heavy atom. The lowest BCUT2D eigenvalue weighted by Gasteiger charge is -2.03. The first-order chi connectivity index (χ1) is 6.69. The summed E-state index contributed by atoms with van der Waals surface area (Å²) in [6.45, 7) is 0. The highest BCUT2D eigenvalue weighted by molar-refractivity contribution is 5.95. The van der Waals surface area contributed by atoms with Crippen LogP contribution in [0.25, 0.3) is 0 Å². The van der Waals surface area contributed by atoms with Crippen LogP contribution in [0.1, 0.15) is 15.9 Å². The first-order valence-electron chi connectivity index (χ1n) is 3.84. The summed E-state index contributed by atoms with van der Waals surface area (Å²) in [5, 5.41) is 12.0. The van der Waals surface area contributed by atoms with Crippen molar-refractivity contribution in [3.63, 3.8) is 0 Å². The first kappa shape index (κ1) is 10.0. The number of carboxylic acid groups (broad SMARTS) is 1. The van der Waals surface area contributed by atoms with Crippen LogP contribution in [0.15, 0.2) is 29.4 Å². The van der Waals surface area contributed by atoms with Crippen molar-refractivity contribution >= 4 is 11.9 Å². The van der Waals surface area contributed by atoms with Crippen molar-refractivity contribution < 1.29 is 14.6 Å². The molecule has 0 aliphatic carbocycles. The minimum atomic E-state index is -0.972. The van der Waals surface area contributed by atoms with E-state index in [2.05, 4.69) is 5.10 Å². The lowest BCUT2D eigenvalue weighted by atomic mass is 10.1. The third-order valence-corrected chi connectivity index (χ3v) is 1.69. The lowest BCUT2D eigenvalue weighted by Crippen LogP contribution is -2.07. The zero-order chi connectivity index (χ0) is 10.6. The van der Waals surface area contributed by atoms with E-state index in [0.717, 1.165) is 0 Å². The number of carbonyl (C=O) groups is 1. The van der Waals surface area contributed by atoms with E-state index in [0.29, 0.717) is 5.56 Å². The van der Waals surface area contributed by atoms with Gasteiger partial charge in [0.25, 0.3) is 0 Å². The minimum absolute atomic E-state index is 0.209. The molecular weight excluding hydrogens is 184 g/mol. The lowest BCUT2D eigenvalue weighted by molar-refractivity contribution is 0.0697. The molecule has 0 unspecified atom stereocenters. The van der Waals surface area contributed by atoms with Crippen molar-refractivity contribution in [2.24, 2.45) is 10.9 Å². The molecule has 0 radical (unpaired) electrons. The Balaban J connectivity index is 2.99. The molecule has 1 aromatic rings. The van der Waals surface area contributed by atoms with Crippen LogP contribution in [0, 0.1) is 0 Å². The number of rotatable bonds is 2. The van der Waals surface area contributed by atoms with Crippen LogP contribution in [-0.4, -0.2) is 24.1 Å². The number of benzene rings is 1. The highest BCUT2D eigenvalue weighted by atomic mass is 16.5. The molecule has 0 heterocycles. The molecule has 0 bridgehead atoms. The number of carboxylic acids is 1. The maximum absolute atomic E-state index is 10.5. The van der Waals surface area contributed by atoms with Crippen LogP contribution in [0.4, 0.5) is 0 Å². The topological polar surface area (TPSA) is 84.9 Å². The zero-order valence-corrected chi connectivity index (χ0v) is 7.60. The molecule has 3 N–H and O–H groups in total. The molecule has 0 amide bonds. The fourth-order valence-electron chi connectivity index (χ4n) is 1.00. The Hall–Kier alpha value is -2.04. The van der Waals surface area contributed by atoms with E-state index < -0.39 is 5.97 Å². The van der Waals surface area contributed by atoms with Gasteiger partial charge < -0.3 is 15.7 Å².